The van der Waals surface area contributed by atoms with Crippen LogP contribution in [0.15, 0.2) is 34.8 Å². The molecule has 0 spiro atoms. The van der Waals surface area contributed by atoms with Gasteiger partial charge in [-0.05, 0) is 66.2 Å². The summed E-state index contributed by atoms with van der Waals surface area (Å²) in [7, 11) is 3.01. The maximum Gasteiger partial charge on any atom is 0.408 e. The van der Waals surface area contributed by atoms with Crippen molar-refractivity contribution >= 4 is 39.3 Å². The number of benzene rings is 2. The normalized spacial score (nSPS) is 11.9. The first kappa shape index (κ1) is 32.3. The number of hydrogen-bond acceptors (Lipinski definition) is 9. The maximum atomic E-state index is 13.0. The van der Waals surface area contributed by atoms with E-state index < -0.39 is 44.9 Å². The van der Waals surface area contributed by atoms with Crippen molar-refractivity contribution in [1.29, 1.82) is 0 Å². The monoisotopic (exact) mass is 624 g/mol. The molecule has 2 N–H and O–H groups in total. The Bertz CT molecular complexity index is 1240. The topological polar surface area (TPSA) is 172 Å². The number of carbonyl (C=O) groups excluding carboxylic acids is 2. The molecule has 2 rings (SSSR count). The van der Waals surface area contributed by atoms with E-state index in [9.17, 15) is 29.8 Å². The first-order valence-electron chi connectivity index (χ1n) is 12.3. The Morgan fingerprint density at radius 1 is 1.00 bits per heavy atom. The molecule has 1 atom stereocenters. The summed E-state index contributed by atoms with van der Waals surface area (Å²) in [5, 5.41) is 27.8. The van der Waals surface area contributed by atoms with Gasteiger partial charge in [0.05, 0.1) is 34.6 Å². The fourth-order valence-electron chi connectivity index (χ4n) is 3.84. The number of amides is 2. The molecule has 0 aliphatic rings. The van der Waals surface area contributed by atoms with Crippen LogP contribution in [0.1, 0.15) is 45.2 Å². The van der Waals surface area contributed by atoms with Crippen LogP contribution in [0.4, 0.5) is 16.2 Å². The van der Waals surface area contributed by atoms with Gasteiger partial charge in [0, 0.05) is 24.2 Å². The molecule has 13 nitrogen and oxygen atoms in total. The summed E-state index contributed by atoms with van der Waals surface area (Å²) >= 11 is 3.13. The molecule has 14 heteroatoms. The molecule has 2 aromatic rings. The van der Waals surface area contributed by atoms with Gasteiger partial charge in [-0.3, -0.25) is 25.0 Å². The van der Waals surface area contributed by atoms with Crippen LogP contribution in [0.25, 0.3) is 0 Å². The van der Waals surface area contributed by atoms with Crippen molar-refractivity contribution in [3.63, 3.8) is 0 Å². The van der Waals surface area contributed by atoms with Crippen LogP contribution in [0, 0.1) is 26.1 Å². The molecular weight excluding hydrogens is 592 g/mol. The molecule has 0 radical (unpaired) electrons. The van der Waals surface area contributed by atoms with Crippen molar-refractivity contribution in [2.45, 2.75) is 52.2 Å². The van der Waals surface area contributed by atoms with E-state index in [4.69, 9.17) is 14.2 Å². The molecule has 0 heterocycles. The summed E-state index contributed by atoms with van der Waals surface area (Å²) in [4.78, 5) is 46.9. The Hall–Kier alpha value is -3.94. The van der Waals surface area contributed by atoms with Crippen LogP contribution < -0.4 is 20.1 Å². The fraction of sp³-hybridized carbons (Fsp3) is 0.462. The first-order valence-corrected chi connectivity index (χ1v) is 13.1. The third kappa shape index (κ3) is 8.79. The SMILES string of the molecule is COc1cc(OC)cc(C(C)(C)OC(=O)N[C@@H](CC(C)C)C(=O)NCCc2cc([N+](=O)[O-])cc([N+](=O)[O-])c2Br)c1. The van der Waals surface area contributed by atoms with Gasteiger partial charge in [0.2, 0.25) is 5.91 Å². The van der Waals surface area contributed by atoms with E-state index in [1.54, 1.807) is 32.0 Å². The minimum absolute atomic E-state index is 0.0101. The second-order valence-electron chi connectivity index (χ2n) is 9.82. The molecule has 2 amide bonds. The second kappa shape index (κ2) is 13.9. The Balaban J connectivity index is 2.12. The highest BCUT2D eigenvalue weighted by atomic mass is 79.9. The minimum Gasteiger partial charge on any atom is -0.497 e. The van der Waals surface area contributed by atoms with Gasteiger partial charge in [-0.1, -0.05) is 13.8 Å². The molecule has 0 aliphatic heterocycles. The van der Waals surface area contributed by atoms with Crippen LogP contribution in [0.2, 0.25) is 0 Å². The van der Waals surface area contributed by atoms with Gasteiger partial charge in [0.15, 0.2) is 0 Å². The Labute approximate surface area is 240 Å². The molecule has 0 unspecified atom stereocenters. The number of carbonyl (C=O) groups is 2. The van der Waals surface area contributed by atoms with Crippen LogP contribution in [0.3, 0.4) is 0 Å². The number of nitro groups is 2. The zero-order valence-electron chi connectivity index (χ0n) is 23.1. The average Bonchev–Trinajstić information content (AvgIpc) is 2.87. The van der Waals surface area contributed by atoms with Crippen molar-refractivity contribution in [2.75, 3.05) is 20.8 Å². The van der Waals surface area contributed by atoms with E-state index in [-0.39, 0.29) is 28.9 Å². The Morgan fingerprint density at radius 2 is 1.60 bits per heavy atom. The summed E-state index contributed by atoms with van der Waals surface area (Å²) in [5.41, 5.74) is -1.10. The fourth-order valence-corrected chi connectivity index (χ4v) is 4.41. The molecule has 0 saturated heterocycles. The third-order valence-electron chi connectivity index (χ3n) is 5.92. The number of hydrogen-bond donors (Lipinski definition) is 2. The van der Waals surface area contributed by atoms with Crippen molar-refractivity contribution in [3.8, 4) is 11.5 Å². The maximum absolute atomic E-state index is 13.0. The predicted octanol–water partition coefficient (Wildman–Crippen LogP) is 5.02. The summed E-state index contributed by atoms with van der Waals surface area (Å²) in [6.45, 7) is 7.16. The van der Waals surface area contributed by atoms with Gasteiger partial charge in [0.25, 0.3) is 11.4 Å². The first-order chi connectivity index (χ1) is 18.7. The van der Waals surface area contributed by atoms with Crippen LogP contribution in [-0.2, 0) is 21.6 Å². The van der Waals surface area contributed by atoms with Crippen molar-refractivity contribution in [3.05, 3.63) is 66.2 Å². The molecule has 40 heavy (non-hydrogen) atoms. The number of rotatable bonds is 13. The van der Waals surface area contributed by atoms with Crippen LogP contribution >= 0.6 is 15.9 Å². The highest BCUT2D eigenvalue weighted by molar-refractivity contribution is 9.10. The molecule has 0 aliphatic carbocycles. The van der Waals surface area contributed by atoms with E-state index in [1.807, 2.05) is 13.8 Å². The van der Waals surface area contributed by atoms with Gasteiger partial charge in [0.1, 0.15) is 23.1 Å². The second-order valence-corrected chi connectivity index (χ2v) is 10.6. The van der Waals surface area contributed by atoms with Crippen molar-refractivity contribution in [1.82, 2.24) is 10.6 Å². The zero-order valence-corrected chi connectivity index (χ0v) is 24.7. The Kier molecular flexibility index (Phi) is 11.2. The highest BCUT2D eigenvalue weighted by Crippen LogP contribution is 2.34. The molecule has 0 saturated carbocycles. The molecule has 0 fully saturated rings. The smallest absolute Gasteiger partial charge is 0.408 e. The van der Waals surface area contributed by atoms with Gasteiger partial charge < -0.3 is 24.8 Å². The van der Waals surface area contributed by atoms with E-state index in [1.165, 1.54) is 20.3 Å². The molecule has 0 bridgehead atoms. The lowest BCUT2D eigenvalue weighted by Gasteiger charge is -2.28. The van der Waals surface area contributed by atoms with E-state index >= 15 is 0 Å². The van der Waals surface area contributed by atoms with E-state index in [0.29, 0.717) is 23.5 Å². The van der Waals surface area contributed by atoms with Crippen molar-refractivity contribution < 1.29 is 33.6 Å². The van der Waals surface area contributed by atoms with Gasteiger partial charge in [-0.25, -0.2) is 4.79 Å². The standard InChI is InChI=1S/C26H33BrN4O9/c1-15(2)9-21(29-25(33)40-26(3,4)17-11-19(38-5)14-20(12-17)39-6)24(32)28-8-7-16-10-18(30(34)35)13-22(23(16)27)31(36)37/h10-15,21H,7-9H2,1-6H3,(H,28,32)(H,29,33)/t21-/m0/s1. The number of methoxy groups -OCH3 is 2. The minimum atomic E-state index is -1.10. The van der Waals surface area contributed by atoms with Gasteiger partial charge in [-0.2, -0.15) is 0 Å². The van der Waals surface area contributed by atoms with E-state index in [0.717, 1.165) is 6.07 Å². The number of halogens is 1. The number of nitrogens with zero attached hydrogens (tertiary/aromatic N) is 2. The molecule has 0 aromatic heterocycles. The van der Waals surface area contributed by atoms with Crippen molar-refractivity contribution in [2.24, 2.45) is 5.92 Å². The third-order valence-corrected chi connectivity index (χ3v) is 6.84. The number of nitro benzene ring substituents is 2. The zero-order chi connectivity index (χ0) is 30.2. The lowest BCUT2D eigenvalue weighted by Crippen LogP contribution is -2.49. The van der Waals surface area contributed by atoms with E-state index in [2.05, 4.69) is 26.6 Å². The predicted molar refractivity (Wildman–Crippen MR) is 150 cm³/mol. The molecule has 218 valence electrons. The largest absolute Gasteiger partial charge is 0.497 e. The molecular formula is C26H33BrN4O9. The van der Waals surface area contributed by atoms with Crippen LogP contribution in [-0.4, -0.2) is 48.7 Å². The number of non-ortho nitro benzene ring substituents is 1. The van der Waals surface area contributed by atoms with Crippen LogP contribution in [0.5, 0.6) is 11.5 Å². The lowest BCUT2D eigenvalue weighted by molar-refractivity contribution is -0.394. The van der Waals surface area contributed by atoms with Gasteiger partial charge in [-0.15, -0.1) is 0 Å². The summed E-state index contributed by atoms with van der Waals surface area (Å²) < 4.78 is 16.3. The summed E-state index contributed by atoms with van der Waals surface area (Å²) in [6.07, 6.45) is -0.441. The summed E-state index contributed by atoms with van der Waals surface area (Å²) in [6, 6.07) is 6.25. The number of alkyl carbamates (subject to hydrolysis) is 1. The number of ether oxygens (including phenoxy) is 3. The summed E-state index contributed by atoms with van der Waals surface area (Å²) in [5.74, 6) is 0.580. The highest BCUT2D eigenvalue weighted by Gasteiger charge is 2.30. The Morgan fingerprint density at radius 3 is 2.10 bits per heavy atom. The molecule has 2 aromatic carbocycles. The number of nitrogens with one attached hydrogen (secondary N) is 2. The quantitative estimate of drug-likeness (QED) is 0.229. The average molecular weight is 625 g/mol. The lowest BCUT2D eigenvalue weighted by atomic mass is 9.97. The van der Waals surface area contributed by atoms with Gasteiger partial charge >= 0.3 is 6.09 Å².